The van der Waals surface area contributed by atoms with Crippen molar-refractivity contribution in [2.24, 2.45) is 0 Å². The topological polar surface area (TPSA) is 58.6 Å². The van der Waals surface area contributed by atoms with Crippen LogP contribution in [0.25, 0.3) is 0 Å². The van der Waals surface area contributed by atoms with Gasteiger partial charge in [0.05, 0.1) is 12.2 Å². The van der Waals surface area contributed by atoms with E-state index in [0.717, 1.165) is 11.3 Å². The summed E-state index contributed by atoms with van der Waals surface area (Å²) in [6, 6.07) is 15.2. The van der Waals surface area contributed by atoms with Gasteiger partial charge in [-0.15, -0.1) is 11.8 Å². The Hall–Kier alpha value is -2.47. The van der Waals surface area contributed by atoms with E-state index in [1.165, 1.54) is 5.56 Å². The van der Waals surface area contributed by atoms with Gasteiger partial charge in [-0.25, -0.2) is 9.59 Å². The molecule has 0 bridgehead atoms. The molecule has 2 aromatic carbocycles. The number of thioether (sulfide) groups is 1. The molecule has 6 heteroatoms. The zero-order valence-electron chi connectivity index (χ0n) is 17.4. The van der Waals surface area contributed by atoms with Gasteiger partial charge in [0.1, 0.15) is 5.37 Å². The summed E-state index contributed by atoms with van der Waals surface area (Å²) in [4.78, 5) is 26.5. The van der Waals surface area contributed by atoms with Crippen molar-refractivity contribution in [3.8, 4) is 0 Å². The number of hydrogen-bond acceptors (Lipinski definition) is 4. The third-order valence-corrected chi connectivity index (χ3v) is 6.12. The standard InChI is InChI=1S/C23H28N2O3S/c1-5-28-21(26)17-8-12-19(13-9-17)24-22(27)25-14-15-29-20(25)16-6-10-18(11-7-16)23(2,3)4/h6-13,20H,5,14-15H2,1-4H3,(H,24,27)/t20-/m0/s1. The minimum atomic E-state index is -0.361. The normalized spacial score (nSPS) is 16.6. The van der Waals surface area contributed by atoms with Crippen molar-refractivity contribution in [1.29, 1.82) is 0 Å². The SMILES string of the molecule is CCOC(=O)c1ccc(NC(=O)N2CCS[C@H]2c2ccc(C(C)(C)C)cc2)cc1. The van der Waals surface area contributed by atoms with E-state index in [2.05, 4.69) is 50.4 Å². The predicted molar refractivity (Wildman–Crippen MR) is 118 cm³/mol. The minimum Gasteiger partial charge on any atom is -0.462 e. The molecule has 0 aliphatic carbocycles. The van der Waals surface area contributed by atoms with Gasteiger partial charge in [-0.3, -0.25) is 0 Å². The van der Waals surface area contributed by atoms with Crippen LogP contribution in [0.15, 0.2) is 48.5 Å². The Labute approximate surface area is 176 Å². The Balaban J connectivity index is 1.68. The molecule has 1 saturated heterocycles. The van der Waals surface area contributed by atoms with Gasteiger partial charge in [-0.2, -0.15) is 0 Å². The summed E-state index contributed by atoms with van der Waals surface area (Å²) >= 11 is 1.77. The van der Waals surface area contributed by atoms with Gasteiger partial charge in [-0.1, -0.05) is 45.0 Å². The summed E-state index contributed by atoms with van der Waals surface area (Å²) in [6.07, 6.45) is 0. The molecule has 2 amide bonds. The summed E-state index contributed by atoms with van der Waals surface area (Å²) in [5.74, 6) is 0.543. The van der Waals surface area contributed by atoms with Crippen molar-refractivity contribution in [3.05, 3.63) is 65.2 Å². The molecule has 1 heterocycles. The third kappa shape index (κ3) is 5.12. The van der Waals surface area contributed by atoms with Crippen LogP contribution in [0, 0.1) is 0 Å². The van der Waals surface area contributed by atoms with Crippen LogP contribution >= 0.6 is 11.8 Å². The molecule has 3 rings (SSSR count). The molecule has 5 nitrogen and oxygen atoms in total. The van der Waals surface area contributed by atoms with E-state index < -0.39 is 0 Å². The number of carbonyl (C=O) groups excluding carboxylic acids is 2. The van der Waals surface area contributed by atoms with Crippen LogP contribution in [0.2, 0.25) is 0 Å². The Morgan fingerprint density at radius 3 is 2.34 bits per heavy atom. The van der Waals surface area contributed by atoms with E-state index in [9.17, 15) is 9.59 Å². The van der Waals surface area contributed by atoms with Crippen LogP contribution < -0.4 is 5.32 Å². The molecule has 0 radical (unpaired) electrons. The number of nitrogens with one attached hydrogen (secondary N) is 1. The van der Waals surface area contributed by atoms with Crippen molar-refractivity contribution in [3.63, 3.8) is 0 Å². The van der Waals surface area contributed by atoms with Crippen molar-refractivity contribution in [2.75, 3.05) is 24.2 Å². The first-order valence-corrected chi connectivity index (χ1v) is 10.9. The smallest absolute Gasteiger partial charge is 0.338 e. The zero-order chi connectivity index (χ0) is 21.0. The molecule has 1 aliphatic rings. The lowest BCUT2D eigenvalue weighted by molar-refractivity contribution is 0.0526. The maximum atomic E-state index is 12.9. The van der Waals surface area contributed by atoms with Crippen LogP contribution in [-0.2, 0) is 10.2 Å². The van der Waals surface area contributed by atoms with Gasteiger partial charge in [-0.05, 0) is 47.7 Å². The number of ether oxygens (including phenoxy) is 1. The highest BCUT2D eigenvalue weighted by Crippen LogP contribution is 2.38. The van der Waals surface area contributed by atoms with Crippen LogP contribution in [-0.4, -0.2) is 35.8 Å². The van der Waals surface area contributed by atoms with Gasteiger partial charge >= 0.3 is 12.0 Å². The van der Waals surface area contributed by atoms with E-state index in [0.29, 0.717) is 24.4 Å². The van der Waals surface area contributed by atoms with Crippen LogP contribution in [0.3, 0.4) is 0 Å². The minimum absolute atomic E-state index is 0.00261. The number of rotatable bonds is 4. The molecular weight excluding hydrogens is 384 g/mol. The predicted octanol–water partition coefficient (Wildman–Crippen LogP) is 5.44. The Bertz CT molecular complexity index is 857. The number of nitrogens with zero attached hydrogens (tertiary/aromatic N) is 1. The summed E-state index contributed by atoms with van der Waals surface area (Å²) < 4.78 is 4.99. The van der Waals surface area contributed by atoms with Gasteiger partial charge in [0, 0.05) is 18.0 Å². The lowest BCUT2D eigenvalue weighted by Crippen LogP contribution is -2.34. The molecule has 0 aromatic heterocycles. The van der Waals surface area contributed by atoms with Gasteiger partial charge in [0.2, 0.25) is 0 Å². The molecule has 29 heavy (non-hydrogen) atoms. The molecule has 0 saturated carbocycles. The zero-order valence-corrected chi connectivity index (χ0v) is 18.2. The quantitative estimate of drug-likeness (QED) is 0.679. The van der Waals surface area contributed by atoms with Crippen molar-refractivity contribution >= 4 is 29.4 Å². The van der Waals surface area contributed by atoms with Crippen molar-refractivity contribution in [2.45, 2.75) is 38.5 Å². The van der Waals surface area contributed by atoms with Gasteiger partial charge < -0.3 is 15.0 Å². The maximum Gasteiger partial charge on any atom is 0.338 e. The fraction of sp³-hybridized carbons (Fsp3) is 0.391. The van der Waals surface area contributed by atoms with E-state index in [1.807, 2.05) is 4.90 Å². The summed E-state index contributed by atoms with van der Waals surface area (Å²) in [5.41, 5.74) is 3.64. The second-order valence-electron chi connectivity index (χ2n) is 8.02. The monoisotopic (exact) mass is 412 g/mol. The van der Waals surface area contributed by atoms with Crippen LogP contribution in [0.4, 0.5) is 10.5 Å². The molecule has 0 unspecified atom stereocenters. The Morgan fingerprint density at radius 1 is 1.10 bits per heavy atom. The Kier molecular flexibility index (Phi) is 6.52. The molecule has 1 N–H and O–H groups in total. The molecule has 1 fully saturated rings. The summed E-state index contributed by atoms with van der Waals surface area (Å²) in [7, 11) is 0. The third-order valence-electron chi connectivity index (χ3n) is 4.86. The number of hydrogen-bond donors (Lipinski definition) is 1. The Morgan fingerprint density at radius 2 is 1.76 bits per heavy atom. The maximum absolute atomic E-state index is 12.9. The average Bonchev–Trinajstić information content (AvgIpc) is 3.18. The highest BCUT2D eigenvalue weighted by atomic mass is 32.2. The number of carbonyl (C=O) groups is 2. The van der Waals surface area contributed by atoms with E-state index >= 15 is 0 Å². The van der Waals surface area contributed by atoms with Gasteiger partial charge in [0.25, 0.3) is 0 Å². The number of esters is 1. The van der Waals surface area contributed by atoms with E-state index in [1.54, 1.807) is 43.0 Å². The van der Waals surface area contributed by atoms with E-state index in [4.69, 9.17) is 4.74 Å². The fourth-order valence-corrected chi connectivity index (χ4v) is 4.46. The fourth-order valence-electron chi connectivity index (χ4n) is 3.20. The number of urea groups is 1. The van der Waals surface area contributed by atoms with E-state index in [-0.39, 0.29) is 22.8 Å². The highest BCUT2D eigenvalue weighted by Gasteiger charge is 2.31. The first-order chi connectivity index (χ1) is 13.8. The highest BCUT2D eigenvalue weighted by molar-refractivity contribution is 7.99. The number of anilines is 1. The molecule has 1 atom stereocenters. The van der Waals surface area contributed by atoms with Gasteiger partial charge in [0.15, 0.2) is 0 Å². The second kappa shape index (κ2) is 8.91. The molecule has 0 spiro atoms. The first-order valence-electron chi connectivity index (χ1n) is 9.86. The number of benzene rings is 2. The molecular formula is C23H28N2O3S. The second-order valence-corrected chi connectivity index (χ2v) is 9.20. The summed E-state index contributed by atoms with van der Waals surface area (Å²) in [6.45, 7) is 9.39. The molecule has 2 aromatic rings. The lowest BCUT2D eigenvalue weighted by atomic mass is 9.87. The lowest BCUT2D eigenvalue weighted by Gasteiger charge is -2.25. The van der Waals surface area contributed by atoms with Crippen molar-refractivity contribution < 1.29 is 14.3 Å². The molecule has 154 valence electrons. The molecule has 1 aliphatic heterocycles. The van der Waals surface area contributed by atoms with Crippen molar-refractivity contribution in [1.82, 2.24) is 4.90 Å². The largest absolute Gasteiger partial charge is 0.462 e. The first kappa shape index (κ1) is 21.2. The van der Waals surface area contributed by atoms with Crippen LogP contribution in [0.1, 0.15) is 54.6 Å². The number of amides is 2. The summed E-state index contributed by atoms with van der Waals surface area (Å²) in [5, 5.41) is 2.94. The van der Waals surface area contributed by atoms with Crippen LogP contribution in [0.5, 0.6) is 0 Å². The average molecular weight is 413 g/mol.